The van der Waals surface area contributed by atoms with Crippen molar-refractivity contribution in [3.8, 4) is 0 Å². The van der Waals surface area contributed by atoms with Crippen LogP contribution in [-0.4, -0.2) is 51.0 Å². The Morgan fingerprint density at radius 3 is 2.42 bits per heavy atom. The number of hydrogen-bond donors (Lipinski definition) is 1. The van der Waals surface area contributed by atoms with Gasteiger partial charge in [0.2, 0.25) is 5.95 Å². The van der Waals surface area contributed by atoms with Crippen LogP contribution in [0.5, 0.6) is 0 Å². The molecule has 13 heteroatoms. The number of amides is 1. The molecule has 0 aliphatic carbocycles. The molecule has 2 atom stereocenters. The van der Waals surface area contributed by atoms with Crippen molar-refractivity contribution in [1.29, 1.82) is 0 Å². The molecule has 1 aliphatic heterocycles. The molecule has 0 bridgehead atoms. The summed E-state index contributed by atoms with van der Waals surface area (Å²) in [5.41, 5.74) is -2.00. The maximum atomic E-state index is 14.6. The fourth-order valence-corrected chi connectivity index (χ4v) is 3.09. The van der Waals surface area contributed by atoms with E-state index in [0.29, 0.717) is 11.1 Å². The summed E-state index contributed by atoms with van der Waals surface area (Å²) in [7, 11) is 0. The highest BCUT2D eigenvalue weighted by atomic mass is 35.5. The van der Waals surface area contributed by atoms with Crippen molar-refractivity contribution >= 4 is 29.3 Å². The lowest BCUT2D eigenvalue weighted by molar-refractivity contribution is -0.141. The predicted octanol–water partition coefficient (Wildman–Crippen LogP) is 3.54. The number of rotatable bonds is 5. The summed E-state index contributed by atoms with van der Waals surface area (Å²) in [6, 6.07) is 0.628. The summed E-state index contributed by atoms with van der Waals surface area (Å²) in [5, 5.41) is 0.402. The van der Waals surface area contributed by atoms with Crippen LogP contribution in [0.2, 0.25) is 0 Å². The molecular formula is C18H12ClF6N5O. The molecule has 164 valence electrons. The molecule has 2 unspecified atom stereocenters. The second-order valence-corrected chi connectivity index (χ2v) is 6.86. The van der Waals surface area contributed by atoms with Crippen molar-refractivity contribution in [2.45, 2.75) is 23.5 Å². The molecule has 3 rings (SSSR count). The molecule has 31 heavy (non-hydrogen) atoms. The molecule has 6 nitrogen and oxygen atoms in total. The highest BCUT2D eigenvalue weighted by molar-refractivity contribution is 6.25. The molecule has 0 saturated heterocycles. The van der Waals surface area contributed by atoms with Crippen LogP contribution in [0.1, 0.15) is 21.7 Å². The third kappa shape index (κ3) is 5.19. The van der Waals surface area contributed by atoms with Crippen LogP contribution in [0.4, 0.5) is 26.3 Å². The SMILES string of the molecule is O=C(NCC(F)(F)C1N=CC(c2ccc(F)nc2)=CC1Cl)c1nccnc1C(F)(F)F. The van der Waals surface area contributed by atoms with E-state index in [1.165, 1.54) is 18.3 Å². The van der Waals surface area contributed by atoms with E-state index in [9.17, 15) is 31.1 Å². The van der Waals surface area contributed by atoms with Gasteiger partial charge in [-0.25, -0.2) is 23.7 Å². The van der Waals surface area contributed by atoms with Crippen LogP contribution in [0, 0.1) is 5.95 Å². The zero-order valence-electron chi connectivity index (χ0n) is 15.2. The smallest absolute Gasteiger partial charge is 0.344 e. The van der Waals surface area contributed by atoms with E-state index >= 15 is 0 Å². The van der Waals surface area contributed by atoms with E-state index in [0.717, 1.165) is 24.7 Å². The molecule has 1 aliphatic rings. The Labute approximate surface area is 176 Å². The number of aliphatic imine (C=N–C) groups is 1. The third-order valence-corrected chi connectivity index (χ3v) is 4.54. The molecule has 2 aromatic heterocycles. The summed E-state index contributed by atoms with van der Waals surface area (Å²) in [6.07, 6.45) is 0.0963. The average molecular weight is 464 g/mol. The Morgan fingerprint density at radius 2 is 1.81 bits per heavy atom. The lowest BCUT2D eigenvalue weighted by atomic mass is 9.98. The van der Waals surface area contributed by atoms with Gasteiger partial charge in [0.25, 0.3) is 11.8 Å². The molecule has 2 aromatic rings. The van der Waals surface area contributed by atoms with Gasteiger partial charge in [0.05, 0.1) is 11.9 Å². The topological polar surface area (TPSA) is 80.1 Å². The van der Waals surface area contributed by atoms with Gasteiger partial charge in [-0.15, -0.1) is 11.6 Å². The normalized spacial score (nSPS) is 19.1. The number of carbonyl (C=O) groups excluding carboxylic acids is 1. The van der Waals surface area contributed by atoms with E-state index < -0.39 is 53.3 Å². The first-order chi connectivity index (χ1) is 14.5. The first-order valence-corrected chi connectivity index (χ1v) is 8.98. The van der Waals surface area contributed by atoms with E-state index in [1.807, 2.05) is 0 Å². The number of aromatic nitrogens is 3. The van der Waals surface area contributed by atoms with Gasteiger partial charge in [0.15, 0.2) is 11.4 Å². The fourth-order valence-electron chi connectivity index (χ4n) is 2.71. The van der Waals surface area contributed by atoms with Crippen molar-refractivity contribution < 1.29 is 31.1 Å². The summed E-state index contributed by atoms with van der Waals surface area (Å²) in [4.78, 5) is 25.5. The number of alkyl halides is 6. The largest absolute Gasteiger partial charge is 0.435 e. The Balaban J connectivity index is 1.70. The van der Waals surface area contributed by atoms with Crippen LogP contribution in [-0.2, 0) is 6.18 Å². The van der Waals surface area contributed by atoms with Crippen LogP contribution in [0.25, 0.3) is 5.57 Å². The Bertz CT molecular complexity index is 1020. The Kier molecular flexibility index (Phi) is 6.30. The van der Waals surface area contributed by atoms with Crippen molar-refractivity contribution in [3.63, 3.8) is 0 Å². The summed E-state index contributed by atoms with van der Waals surface area (Å²) in [5.74, 6) is -5.90. The minimum atomic E-state index is -4.99. The Hall–Kier alpha value is -3.02. The van der Waals surface area contributed by atoms with Gasteiger partial charge in [-0.2, -0.15) is 17.6 Å². The van der Waals surface area contributed by atoms with Gasteiger partial charge in [-0.05, 0) is 17.7 Å². The molecule has 3 heterocycles. The molecule has 0 saturated carbocycles. The van der Waals surface area contributed by atoms with Crippen LogP contribution < -0.4 is 5.32 Å². The number of halogens is 7. The molecule has 1 N–H and O–H groups in total. The average Bonchev–Trinajstić information content (AvgIpc) is 2.71. The van der Waals surface area contributed by atoms with Crippen molar-refractivity contribution in [2.75, 3.05) is 6.54 Å². The van der Waals surface area contributed by atoms with Crippen molar-refractivity contribution in [3.05, 3.63) is 59.7 Å². The highest BCUT2D eigenvalue weighted by Gasteiger charge is 2.45. The van der Waals surface area contributed by atoms with Crippen molar-refractivity contribution in [1.82, 2.24) is 20.3 Å². The minimum absolute atomic E-state index is 0.331. The molecule has 0 fully saturated rings. The van der Waals surface area contributed by atoms with Gasteiger partial charge in [-0.3, -0.25) is 9.79 Å². The number of dihydropyridines is 1. The standard InChI is InChI=1S/C18H12ClF6N5O/c19-11-5-10(9-1-2-12(20)28-6-9)7-29-14(11)17(21,22)8-30-16(31)13-15(18(23,24)25)27-4-3-26-13/h1-7,11,14H,8H2,(H,30,31). The molecular weight excluding hydrogens is 452 g/mol. The van der Waals surface area contributed by atoms with E-state index in [1.54, 1.807) is 5.32 Å². The maximum Gasteiger partial charge on any atom is 0.435 e. The van der Waals surface area contributed by atoms with E-state index in [4.69, 9.17) is 11.6 Å². The summed E-state index contributed by atoms with van der Waals surface area (Å²) < 4.78 is 80.9. The second kappa shape index (κ2) is 8.61. The quantitative estimate of drug-likeness (QED) is 0.418. The molecule has 0 radical (unpaired) electrons. The number of carbonyl (C=O) groups is 1. The lowest BCUT2D eigenvalue weighted by Gasteiger charge is -2.28. The number of nitrogens with one attached hydrogen (secondary N) is 1. The third-order valence-electron chi connectivity index (χ3n) is 4.17. The van der Waals surface area contributed by atoms with Crippen LogP contribution in [0.15, 0.2) is 41.8 Å². The summed E-state index contributed by atoms with van der Waals surface area (Å²) >= 11 is 6.01. The fraction of sp³-hybridized carbons (Fsp3) is 0.278. The number of allylic oxidation sites excluding steroid dienone is 1. The van der Waals surface area contributed by atoms with Gasteiger partial charge >= 0.3 is 6.18 Å². The number of hydrogen-bond acceptors (Lipinski definition) is 5. The minimum Gasteiger partial charge on any atom is -0.344 e. The van der Waals surface area contributed by atoms with Crippen LogP contribution >= 0.6 is 11.6 Å². The molecule has 0 spiro atoms. The number of pyridine rings is 1. The zero-order chi connectivity index (χ0) is 22.8. The first-order valence-electron chi connectivity index (χ1n) is 8.54. The highest BCUT2D eigenvalue weighted by Crippen LogP contribution is 2.32. The van der Waals surface area contributed by atoms with Crippen LogP contribution in [0.3, 0.4) is 0 Å². The van der Waals surface area contributed by atoms with Gasteiger partial charge in [-0.1, -0.05) is 6.08 Å². The summed E-state index contributed by atoms with van der Waals surface area (Å²) in [6.45, 7) is -1.34. The monoisotopic (exact) mass is 463 g/mol. The lowest BCUT2D eigenvalue weighted by Crippen LogP contribution is -2.48. The maximum absolute atomic E-state index is 14.6. The molecule has 1 amide bonds. The number of nitrogens with zero attached hydrogens (tertiary/aromatic N) is 4. The van der Waals surface area contributed by atoms with E-state index in [2.05, 4.69) is 19.9 Å². The zero-order valence-corrected chi connectivity index (χ0v) is 16.0. The molecule has 0 aromatic carbocycles. The Morgan fingerprint density at radius 1 is 1.10 bits per heavy atom. The second-order valence-electron chi connectivity index (χ2n) is 6.35. The van der Waals surface area contributed by atoms with Gasteiger partial charge < -0.3 is 5.32 Å². The van der Waals surface area contributed by atoms with Gasteiger partial charge in [0.1, 0.15) is 6.04 Å². The first kappa shape index (κ1) is 22.7. The van der Waals surface area contributed by atoms with Gasteiger partial charge in [0, 0.05) is 30.4 Å². The predicted molar refractivity (Wildman–Crippen MR) is 98.4 cm³/mol. The van der Waals surface area contributed by atoms with Crippen molar-refractivity contribution in [2.24, 2.45) is 4.99 Å². The van der Waals surface area contributed by atoms with E-state index in [-0.39, 0.29) is 0 Å².